The largest absolute Gasteiger partial charge is 0.349 e. The Morgan fingerprint density at radius 3 is 2.58 bits per heavy atom. The molecule has 0 radical (unpaired) electrons. The van der Waals surface area contributed by atoms with Gasteiger partial charge in [-0.3, -0.25) is 4.79 Å². The van der Waals surface area contributed by atoms with Gasteiger partial charge in [-0.25, -0.2) is 0 Å². The molecular formula is C16H24N2O. The van der Waals surface area contributed by atoms with Crippen LogP contribution in [0.3, 0.4) is 0 Å². The van der Waals surface area contributed by atoms with Crippen LogP contribution in [0.25, 0.3) is 0 Å². The summed E-state index contributed by atoms with van der Waals surface area (Å²) < 4.78 is 0. The van der Waals surface area contributed by atoms with Crippen LogP contribution in [0.15, 0.2) is 24.3 Å². The summed E-state index contributed by atoms with van der Waals surface area (Å²) in [5.74, 6) is 0.122. The highest BCUT2D eigenvalue weighted by atomic mass is 16.2. The van der Waals surface area contributed by atoms with Gasteiger partial charge in [0.1, 0.15) is 0 Å². The van der Waals surface area contributed by atoms with Crippen molar-refractivity contribution in [2.45, 2.75) is 51.6 Å². The van der Waals surface area contributed by atoms with Gasteiger partial charge in [-0.05, 0) is 31.7 Å². The summed E-state index contributed by atoms with van der Waals surface area (Å²) in [6.07, 6.45) is 3.87. The van der Waals surface area contributed by atoms with Crippen molar-refractivity contribution < 1.29 is 4.79 Å². The first kappa shape index (κ1) is 14.1. The zero-order valence-electron chi connectivity index (χ0n) is 11.9. The van der Waals surface area contributed by atoms with E-state index in [1.165, 1.54) is 11.1 Å². The number of hydrogen-bond donors (Lipinski definition) is 2. The summed E-state index contributed by atoms with van der Waals surface area (Å²) in [5, 5.41) is 3.16. The minimum Gasteiger partial charge on any atom is -0.349 e. The van der Waals surface area contributed by atoms with E-state index in [0.717, 1.165) is 25.7 Å². The molecule has 0 bridgehead atoms. The van der Waals surface area contributed by atoms with Gasteiger partial charge in [0.05, 0.1) is 12.0 Å². The molecule has 1 aromatic carbocycles. The molecule has 0 spiro atoms. The molecule has 0 heterocycles. The van der Waals surface area contributed by atoms with Gasteiger partial charge in [0.15, 0.2) is 0 Å². The molecule has 3 unspecified atom stereocenters. The first-order valence-corrected chi connectivity index (χ1v) is 7.24. The second-order valence-electron chi connectivity index (χ2n) is 5.58. The number of hydrogen-bond acceptors (Lipinski definition) is 2. The number of aryl methyl sites for hydroxylation is 1. The smallest absolute Gasteiger partial charge is 0.225 e. The van der Waals surface area contributed by atoms with Crippen LogP contribution in [-0.2, 0) is 4.79 Å². The van der Waals surface area contributed by atoms with Crippen molar-refractivity contribution >= 4 is 5.91 Å². The fourth-order valence-corrected chi connectivity index (χ4v) is 2.81. The van der Waals surface area contributed by atoms with Crippen molar-refractivity contribution in [2.75, 3.05) is 0 Å². The van der Waals surface area contributed by atoms with E-state index in [9.17, 15) is 4.79 Å². The van der Waals surface area contributed by atoms with Gasteiger partial charge >= 0.3 is 0 Å². The highest BCUT2D eigenvalue weighted by Gasteiger charge is 2.31. The summed E-state index contributed by atoms with van der Waals surface area (Å²) >= 11 is 0. The molecule has 19 heavy (non-hydrogen) atoms. The van der Waals surface area contributed by atoms with E-state index in [1.807, 2.05) is 0 Å². The third kappa shape index (κ3) is 3.35. The Morgan fingerprint density at radius 2 is 2.05 bits per heavy atom. The molecule has 104 valence electrons. The van der Waals surface area contributed by atoms with E-state index in [0.29, 0.717) is 0 Å². The van der Waals surface area contributed by atoms with E-state index in [-0.39, 0.29) is 23.9 Å². The Morgan fingerprint density at radius 1 is 1.37 bits per heavy atom. The molecule has 0 saturated heterocycles. The molecule has 1 aliphatic carbocycles. The summed E-state index contributed by atoms with van der Waals surface area (Å²) in [6.45, 7) is 4.17. The van der Waals surface area contributed by atoms with Crippen molar-refractivity contribution in [2.24, 2.45) is 11.7 Å². The Balaban J connectivity index is 2.02. The maximum absolute atomic E-state index is 12.3. The van der Waals surface area contributed by atoms with Gasteiger partial charge in [-0.15, -0.1) is 0 Å². The van der Waals surface area contributed by atoms with Gasteiger partial charge in [0.25, 0.3) is 0 Å². The van der Waals surface area contributed by atoms with Crippen LogP contribution >= 0.6 is 0 Å². The highest BCUT2D eigenvalue weighted by Crippen LogP contribution is 2.26. The molecule has 2 rings (SSSR count). The van der Waals surface area contributed by atoms with Gasteiger partial charge in [0.2, 0.25) is 5.91 Å². The first-order valence-electron chi connectivity index (χ1n) is 7.24. The second-order valence-corrected chi connectivity index (χ2v) is 5.58. The predicted octanol–water partition coefficient (Wildman–Crippen LogP) is 2.69. The zero-order chi connectivity index (χ0) is 13.8. The lowest BCUT2D eigenvalue weighted by molar-refractivity contribution is -0.126. The Kier molecular flexibility index (Phi) is 4.59. The van der Waals surface area contributed by atoms with Crippen LogP contribution < -0.4 is 11.1 Å². The molecule has 1 amide bonds. The topological polar surface area (TPSA) is 55.1 Å². The molecule has 0 aromatic heterocycles. The molecule has 1 fully saturated rings. The average Bonchev–Trinajstić information content (AvgIpc) is 2.83. The van der Waals surface area contributed by atoms with Crippen LogP contribution in [0.5, 0.6) is 0 Å². The highest BCUT2D eigenvalue weighted by molar-refractivity contribution is 5.80. The molecule has 0 aliphatic heterocycles. The second kappa shape index (κ2) is 6.20. The van der Waals surface area contributed by atoms with E-state index < -0.39 is 0 Å². The van der Waals surface area contributed by atoms with Crippen molar-refractivity contribution in [1.82, 2.24) is 5.32 Å². The van der Waals surface area contributed by atoms with Gasteiger partial charge in [-0.2, -0.15) is 0 Å². The first-order chi connectivity index (χ1) is 9.11. The Bertz CT molecular complexity index is 427. The molecule has 1 aromatic rings. The third-order valence-electron chi connectivity index (χ3n) is 4.11. The Hall–Kier alpha value is -1.35. The summed E-state index contributed by atoms with van der Waals surface area (Å²) in [6, 6.07) is 8.50. The molecular weight excluding hydrogens is 236 g/mol. The summed E-state index contributed by atoms with van der Waals surface area (Å²) in [7, 11) is 0. The number of nitrogens with one attached hydrogen (secondary N) is 1. The van der Waals surface area contributed by atoms with Crippen LogP contribution in [-0.4, -0.2) is 11.9 Å². The SMILES string of the molecule is CCC(NC(=O)C1CCCC1N)c1ccc(C)cc1. The number of rotatable bonds is 4. The van der Waals surface area contributed by atoms with Gasteiger partial charge < -0.3 is 11.1 Å². The van der Waals surface area contributed by atoms with Crippen LogP contribution in [0.2, 0.25) is 0 Å². The summed E-state index contributed by atoms with van der Waals surface area (Å²) in [5.41, 5.74) is 8.41. The molecule has 3 N–H and O–H groups in total. The Labute approximate surface area is 115 Å². The number of nitrogens with two attached hydrogens (primary N) is 1. The van der Waals surface area contributed by atoms with E-state index >= 15 is 0 Å². The number of benzene rings is 1. The monoisotopic (exact) mass is 260 g/mol. The maximum Gasteiger partial charge on any atom is 0.225 e. The lowest BCUT2D eigenvalue weighted by atomic mass is 9.99. The van der Waals surface area contributed by atoms with E-state index in [1.54, 1.807) is 0 Å². The quantitative estimate of drug-likeness (QED) is 0.874. The van der Waals surface area contributed by atoms with Gasteiger partial charge in [-0.1, -0.05) is 43.2 Å². The van der Waals surface area contributed by atoms with Crippen molar-refractivity contribution in [3.8, 4) is 0 Å². The van der Waals surface area contributed by atoms with Crippen LogP contribution in [0.4, 0.5) is 0 Å². The summed E-state index contributed by atoms with van der Waals surface area (Å²) in [4.78, 5) is 12.3. The number of amides is 1. The van der Waals surface area contributed by atoms with E-state index in [2.05, 4.69) is 43.4 Å². The van der Waals surface area contributed by atoms with Crippen molar-refractivity contribution in [1.29, 1.82) is 0 Å². The van der Waals surface area contributed by atoms with Crippen molar-refractivity contribution in [3.05, 3.63) is 35.4 Å². The van der Waals surface area contributed by atoms with Crippen LogP contribution in [0, 0.1) is 12.8 Å². The fourth-order valence-electron chi connectivity index (χ4n) is 2.81. The van der Waals surface area contributed by atoms with E-state index in [4.69, 9.17) is 5.73 Å². The molecule has 1 aliphatic rings. The molecule has 3 heteroatoms. The van der Waals surface area contributed by atoms with Crippen molar-refractivity contribution in [3.63, 3.8) is 0 Å². The van der Waals surface area contributed by atoms with Gasteiger partial charge in [0, 0.05) is 6.04 Å². The number of carbonyl (C=O) groups is 1. The lowest BCUT2D eigenvalue weighted by Crippen LogP contribution is -2.40. The molecule has 3 atom stereocenters. The standard InChI is InChI=1S/C16H24N2O/c1-3-15(12-9-7-11(2)8-10-12)18-16(19)13-5-4-6-14(13)17/h7-10,13-15H,3-6,17H2,1-2H3,(H,18,19). The molecule has 3 nitrogen and oxygen atoms in total. The maximum atomic E-state index is 12.3. The number of carbonyl (C=O) groups excluding carboxylic acids is 1. The average molecular weight is 260 g/mol. The zero-order valence-corrected chi connectivity index (χ0v) is 11.9. The lowest BCUT2D eigenvalue weighted by Gasteiger charge is -2.22. The molecule has 1 saturated carbocycles. The fraction of sp³-hybridized carbons (Fsp3) is 0.562. The minimum atomic E-state index is -0.000464. The predicted molar refractivity (Wildman–Crippen MR) is 77.7 cm³/mol. The normalized spacial score (nSPS) is 24.2. The minimum absolute atomic E-state index is 0.000464. The third-order valence-corrected chi connectivity index (χ3v) is 4.11. The van der Waals surface area contributed by atoms with Crippen LogP contribution in [0.1, 0.15) is 49.8 Å².